The minimum atomic E-state index is -0.203. The van der Waals surface area contributed by atoms with E-state index in [9.17, 15) is 9.59 Å². The van der Waals surface area contributed by atoms with Crippen LogP contribution in [0.4, 0.5) is 0 Å². The number of ether oxygens (including phenoxy) is 9. The molecule has 0 atom stereocenters. The second kappa shape index (κ2) is 38.3. The molecule has 15 heteroatoms. The molecule has 2 amide bonds. The summed E-state index contributed by atoms with van der Waals surface area (Å²) in [6, 6.07) is 0. The number of carbonyl (C=O) groups excluding carboxylic acids is 2. The number of nitrogens with one attached hydrogen (secondary N) is 3. The van der Waals surface area contributed by atoms with Crippen LogP contribution >= 0.6 is 0 Å². The Morgan fingerprint density at radius 3 is 1.25 bits per heavy atom. The first-order valence-corrected chi connectivity index (χ1v) is 17.6. The molecule has 0 aromatic carbocycles. The Hall–Kier alpha value is -1.50. The van der Waals surface area contributed by atoms with Crippen molar-refractivity contribution in [3.8, 4) is 0 Å². The van der Waals surface area contributed by atoms with Gasteiger partial charge in [0.05, 0.1) is 119 Å². The van der Waals surface area contributed by atoms with Crippen LogP contribution in [0.2, 0.25) is 0 Å². The predicted molar refractivity (Wildman–Crippen MR) is 184 cm³/mol. The van der Waals surface area contributed by atoms with Crippen LogP contribution in [0.3, 0.4) is 0 Å². The van der Waals surface area contributed by atoms with Crippen molar-refractivity contribution in [3.63, 3.8) is 0 Å². The van der Waals surface area contributed by atoms with Crippen molar-refractivity contribution in [2.45, 2.75) is 33.6 Å². The van der Waals surface area contributed by atoms with Crippen molar-refractivity contribution in [3.05, 3.63) is 0 Å². The fraction of sp³-hybridized carbons (Fsp3) is 0.939. The summed E-state index contributed by atoms with van der Waals surface area (Å²) in [5.41, 5.74) is 0. The third-order valence-corrected chi connectivity index (χ3v) is 6.34. The standard InChI is InChI=1S/C33H68N4O11/c1-5-11-40-17-23-46-26-20-43-14-8-35-32(38)29-37(10-16-45-22-28-48-25-19-42-13-7-34-4)30-33(39)36-9-15-44-21-27-47-24-18-41-12-6-31(2)3/h31,34H,5-30H2,1-4H3,(H,35,38)(H,36,39). The SMILES string of the molecule is CCCOCCOCCOCCNC(=O)CN(CCOCCOCCOCCNC)CC(=O)NCCOCCOCCOCCC(C)C. The molecule has 0 aliphatic carbocycles. The summed E-state index contributed by atoms with van der Waals surface area (Å²) in [5.74, 6) is 0.224. The third kappa shape index (κ3) is 37.3. The van der Waals surface area contributed by atoms with Gasteiger partial charge in [-0.1, -0.05) is 20.8 Å². The highest BCUT2D eigenvalue weighted by Gasteiger charge is 2.14. The van der Waals surface area contributed by atoms with Gasteiger partial charge in [-0.15, -0.1) is 0 Å². The highest BCUT2D eigenvalue weighted by Crippen LogP contribution is 1.98. The van der Waals surface area contributed by atoms with Crippen LogP contribution in [0, 0.1) is 5.92 Å². The largest absolute Gasteiger partial charge is 0.379 e. The van der Waals surface area contributed by atoms with Gasteiger partial charge in [0.25, 0.3) is 0 Å². The highest BCUT2D eigenvalue weighted by molar-refractivity contribution is 5.81. The second-order valence-electron chi connectivity index (χ2n) is 11.2. The summed E-state index contributed by atoms with van der Waals surface area (Å²) in [7, 11) is 1.88. The quantitative estimate of drug-likeness (QED) is 0.0758. The molecule has 286 valence electrons. The Morgan fingerprint density at radius 2 is 0.854 bits per heavy atom. The molecule has 0 heterocycles. The Kier molecular flexibility index (Phi) is 37.1. The fourth-order valence-corrected chi connectivity index (χ4v) is 3.71. The minimum Gasteiger partial charge on any atom is -0.379 e. The molecule has 0 spiro atoms. The lowest BCUT2D eigenvalue weighted by Gasteiger charge is -2.21. The third-order valence-electron chi connectivity index (χ3n) is 6.34. The van der Waals surface area contributed by atoms with E-state index in [1.165, 1.54) is 0 Å². The highest BCUT2D eigenvalue weighted by atomic mass is 16.6. The van der Waals surface area contributed by atoms with Crippen molar-refractivity contribution >= 4 is 11.8 Å². The molecule has 0 saturated heterocycles. The molecule has 0 aromatic heterocycles. The van der Waals surface area contributed by atoms with E-state index in [2.05, 4.69) is 36.7 Å². The molecule has 0 saturated carbocycles. The number of carbonyl (C=O) groups is 2. The van der Waals surface area contributed by atoms with Gasteiger partial charge >= 0.3 is 0 Å². The van der Waals surface area contributed by atoms with Crippen LogP contribution in [0.15, 0.2) is 0 Å². The lowest BCUT2D eigenvalue weighted by Crippen LogP contribution is -2.45. The maximum Gasteiger partial charge on any atom is 0.234 e. The Labute approximate surface area is 289 Å². The first-order chi connectivity index (χ1) is 23.5. The van der Waals surface area contributed by atoms with Gasteiger partial charge in [0.15, 0.2) is 0 Å². The lowest BCUT2D eigenvalue weighted by molar-refractivity contribution is -0.125. The molecule has 0 unspecified atom stereocenters. The van der Waals surface area contributed by atoms with E-state index < -0.39 is 0 Å². The van der Waals surface area contributed by atoms with E-state index in [-0.39, 0.29) is 24.9 Å². The van der Waals surface area contributed by atoms with Crippen LogP contribution in [0.1, 0.15) is 33.6 Å². The van der Waals surface area contributed by atoms with Crippen molar-refractivity contribution in [1.82, 2.24) is 20.9 Å². The van der Waals surface area contributed by atoms with Gasteiger partial charge in [-0.25, -0.2) is 0 Å². The number of likely N-dealkylation sites (N-methyl/N-ethyl adjacent to an activating group) is 1. The van der Waals surface area contributed by atoms with Gasteiger partial charge in [-0.3, -0.25) is 14.5 Å². The molecule has 0 aliphatic heterocycles. The van der Waals surface area contributed by atoms with Crippen molar-refractivity contribution in [2.75, 3.05) is 165 Å². The zero-order valence-electron chi connectivity index (χ0n) is 30.4. The van der Waals surface area contributed by atoms with Gasteiger partial charge in [-0.05, 0) is 25.8 Å². The molecule has 0 rings (SSSR count). The predicted octanol–water partition coefficient (Wildman–Crippen LogP) is 0.346. The summed E-state index contributed by atoms with van der Waals surface area (Å²) in [5, 5.41) is 8.69. The Bertz CT molecular complexity index is 696. The van der Waals surface area contributed by atoms with Crippen LogP contribution < -0.4 is 16.0 Å². The van der Waals surface area contributed by atoms with Gasteiger partial charge < -0.3 is 58.6 Å². The van der Waals surface area contributed by atoms with Gasteiger partial charge in [-0.2, -0.15) is 0 Å². The molecule has 0 aromatic rings. The number of hydrogen-bond donors (Lipinski definition) is 3. The first-order valence-electron chi connectivity index (χ1n) is 17.6. The van der Waals surface area contributed by atoms with Crippen molar-refractivity contribution in [1.29, 1.82) is 0 Å². The number of hydrogen-bond acceptors (Lipinski definition) is 13. The zero-order chi connectivity index (χ0) is 35.2. The fourth-order valence-electron chi connectivity index (χ4n) is 3.71. The maximum atomic E-state index is 12.6. The van der Waals surface area contributed by atoms with E-state index >= 15 is 0 Å². The number of rotatable bonds is 39. The minimum absolute atomic E-state index is 0.0486. The second-order valence-corrected chi connectivity index (χ2v) is 11.2. The molecular weight excluding hydrogens is 628 g/mol. The van der Waals surface area contributed by atoms with Gasteiger partial charge in [0, 0.05) is 39.4 Å². The topological polar surface area (TPSA) is 157 Å². The summed E-state index contributed by atoms with van der Waals surface area (Å²) >= 11 is 0. The van der Waals surface area contributed by atoms with Crippen LogP contribution in [-0.2, 0) is 52.2 Å². The summed E-state index contributed by atoms with van der Waals surface area (Å²) < 4.78 is 49.4. The van der Waals surface area contributed by atoms with Crippen LogP contribution in [-0.4, -0.2) is 182 Å². The summed E-state index contributed by atoms with van der Waals surface area (Å²) in [6.45, 7) is 17.5. The average Bonchev–Trinajstić information content (AvgIpc) is 3.06. The molecule has 0 bridgehead atoms. The molecule has 3 N–H and O–H groups in total. The van der Waals surface area contributed by atoms with Gasteiger partial charge in [0.2, 0.25) is 11.8 Å². The number of amides is 2. The summed E-state index contributed by atoms with van der Waals surface area (Å²) in [4.78, 5) is 26.9. The van der Waals surface area contributed by atoms with E-state index in [0.717, 1.165) is 32.6 Å². The monoisotopic (exact) mass is 696 g/mol. The van der Waals surface area contributed by atoms with Gasteiger partial charge in [0.1, 0.15) is 0 Å². The molecule has 0 fully saturated rings. The maximum absolute atomic E-state index is 12.6. The van der Waals surface area contributed by atoms with E-state index in [1.54, 1.807) is 4.90 Å². The zero-order valence-corrected chi connectivity index (χ0v) is 30.4. The van der Waals surface area contributed by atoms with E-state index in [1.807, 2.05) is 7.05 Å². The smallest absolute Gasteiger partial charge is 0.234 e. The normalized spacial score (nSPS) is 11.5. The molecule has 48 heavy (non-hydrogen) atoms. The van der Waals surface area contributed by atoms with E-state index in [0.29, 0.717) is 131 Å². The van der Waals surface area contributed by atoms with Crippen molar-refractivity contribution in [2.24, 2.45) is 5.92 Å². The van der Waals surface area contributed by atoms with Crippen LogP contribution in [0.25, 0.3) is 0 Å². The van der Waals surface area contributed by atoms with Crippen LogP contribution in [0.5, 0.6) is 0 Å². The van der Waals surface area contributed by atoms with E-state index in [4.69, 9.17) is 42.6 Å². The first kappa shape index (κ1) is 46.5. The Balaban J connectivity index is 4.20. The number of nitrogens with zero attached hydrogens (tertiary/aromatic N) is 1. The van der Waals surface area contributed by atoms with Crippen molar-refractivity contribution < 1.29 is 52.2 Å². The molecule has 15 nitrogen and oxygen atoms in total. The Morgan fingerprint density at radius 1 is 0.500 bits per heavy atom. The lowest BCUT2D eigenvalue weighted by atomic mass is 10.1. The molecule has 0 radical (unpaired) electrons. The molecule has 0 aliphatic rings. The molecular formula is C33H68N4O11. The summed E-state index contributed by atoms with van der Waals surface area (Å²) in [6.07, 6.45) is 2.03. The average molecular weight is 697 g/mol.